The van der Waals surface area contributed by atoms with Crippen molar-refractivity contribution in [1.29, 1.82) is 0 Å². The summed E-state index contributed by atoms with van der Waals surface area (Å²) in [5.74, 6) is -1.29. The first kappa shape index (κ1) is 21.5. The largest absolute Gasteiger partial charge is 0.451 e. The smallest absolute Gasteiger partial charge is 0.359 e. The highest BCUT2D eigenvalue weighted by Crippen LogP contribution is 2.18. The number of imide groups is 1. The number of carbonyl (C=O) groups is 3. The second-order valence-electron chi connectivity index (χ2n) is 6.23. The lowest BCUT2D eigenvalue weighted by Crippen LogP contribution is -2.41. The molecular weight excluding hydrogens is 430 g/mol. The lowest BCUT2D eigenvalue weighted by atomic mass is 10.3. The topological polar surface area (TPSA) is 115 Å². The zero-order valence-electron chi connectivity index (χ0n) is 16.1. The Labute approximate surface area is 181 Å². The molecule has 9 nitrogen and oxygen atoms in total. The molecule has 3 heterocycles. The summed E-state index contributed by atoms with van der Waals surface area (Å²) in [5.41, 5.74) is 1.47. The molecule has 0 saturated carbocycles. The number of thiophene rings is 1. The van der Waals surface area contributed by atoms with Gasteiger partial charge in [0.05, 0.1) is 17.3 Å². The molecule has 0 bridgehead atoms. The molecule has 11 heteroatoms. The van der Waals surface area contributed by atoms with Crippen LogP contribution < -0.4 is 10.6 Å². The van der Waals surface area contributed by atoms with Gasteiger partial charge in [0.1, 0.15) is 0 Å². The normalized spacial score (nSPS) is 10.5. The lowest BCUT2D eigenvalue weighted by molar-refractivity contribution is -0.123. The van der Waals surface area contributed by atoms with Crippen LogP contribution in [0, 0.1) is 13.8 Å². The zero-order valence-corrected chi connectivity index (χ0v) is 17.7. The molecule has 0 saturated heterocycles. The van der Waals surface area contributed by atoms with E-state index in [1.54, 1.807) is 10.7 Å². The number of rotatable bonds is 6. The van der Waals surface area contributed by atoms with Crippen molar-refractivity contribution in [2.24, 2.45) is 0 Å². The quantitative estimate of drug-likeness (QED) is 0.561. The molecular formula is C19H18ClN5O4S. The van der Waals surface area contributed by atoms with Gasteiger partial charge in [-0.05, 0) is 43.5 Å². The Balaban J connectivity index is 1.56. The molecule has 0 spiro atoms. The van der Waals surface area contributed by atoms with Crippen LogP contribution in [0.1, 0.15) is 26.8 Å². The minimum Gasteiger partial charge on any atom is -0.451 e. The molecule has 3 amide bonds. The predicted octanol–water partition coefficient (Wildman–Crippen LogP) is 2.78. The Morgan fingerprint density at radius 3 is 2.70 bits per heavy atom. The van der Waals surface area contributed by atoms with Crippen molar-refractivity contribution in [3.05, 3.63) is 62.7 Å². The van der Waals surface area contributed by atoms with Gasteiger partial charge >= 0.3 is 12.0 Å². The third-order valence-corrected chi connectivity index (χ3v) is 5.02. The first-order chi connectivity index (χ1) is 14.3. The highest BCUT2D eigenvalue weighted by Gasteiger charge is 2.18. The number of pyridine rings is 1. The second-order valence-corrected chi connectivity index (χ2v) is 7.66. The Hall–Kier alpha value is -3.24. The summed E-state index contributed by atoms with van der Waals surface area (Å²) in [5, 5.41) is 10.9. The Morgan fingerprint density at radius 1 is 1.23 bits per heavy atom. The van der Waals surface area contributed by atoms with Crippen molar-refractivity contribution in [2.45, 2.75) is 20.4 Å². The lowest BCUT2D eigenvalue weighted by Gasteiger charge is -2.09. The average Bonchev–Trinajstić information content (AvgIpc) is 3.34. The number of urea groups is 1. The van der Waals surface area contributed by atoms with Crippen LogP contribution in [-0.4, -0.2) is 39.3 Å². The zero-order chi connectivity index (χ0) is 21.7. The van der Waals surface area contributed by atoms with Crippen molar-refractivity contribution in [3.63, 3.8) is 0 Å². The molecule has 3 aromatic heterocycles. The molecule has 3 aromatic rings. The summed E-state index contributed by atoms with van der Waals surface area (Å²) < 4.78 is 6.51. The molecule has 0 aliphatic heterocycles. The molecule has 30 heavy (non-hydrogen) atoms. The van der Waals surface area contributed by atoms with E-state index in [-0.39, 0.29) is 17.3 Å². The van der Waals surface area contributed by atoms with Crippen LogP contribution in [-0.2, 0) is 16.1 Å². The molecule has 0 fully saturated rings. The highest BCUT2D eigenvalue weighted by molar-refractivity contribution is 7.09. The van der Waals surface area contributed by atoms with Gasteiger partial charge in [-0.2, -0.15) is 5.10 Å². The molecule has 3 rings (SSSR count). The van der Waals surface area contributed by atoms with Crippen LogP contribution in [0.25, 0.3) is 5.82 Å². The number of ether oxygens (including phenoxy) is 1. The van der Waals surface area contributed by atoms with E-state index < -0.39 is 24.5 Å². The van der Waals surface area contributed by atoms with Gasteiger partial charge in [0, 0.05) is 10.6 Å². The van der Waals surface area contributed by atoms with Gasteiger partial charge in [0.2, 0.25) is 0 Å². The molecule has 0 aliphatic carbocycles. The predicted molar refractivity (Wildman–Crippen MR) is 111 cm³/mol. The van der Waals surface area contributed by atoms with Gasteiger partial charge in [-0.3, -0.25) is 10.1 Å². The van der Waals surface area contributed by atoms with Gasteiger partial charge < -0.3 is 10.1 Å². The minimum absolute atomic E-state index is 0.0689. The maximum absolute atomic E-state index is 12.3. The number of aryl methyl sites for hydroxylation is 2. The molecule has 0 aromatic carbocycles. The second kappa shape index (κ2) is 9.51. The highest BCUT2D eigenvalue weighted by atomic mass is 35.5. The van der Waals surface area contributed by atoms with Crippen molar-refractivity contribution in [2.75, 3.05) is 6.61 Å². The number of carbonyl (C=O) groups excluding carboxylic acids is 3. The third-order valence-electron chi connectivity index (χ3n) is 3.84. The number of halogens is 1. The van der Waals surface area contributed by atoms with Crippen LogP contribution >= 0.6 is 22.9 Å². The summed E-state index contributed by atoms with van der Waals surface area (Å²) in [6, 6.07) is 7.99. The fourth-order valence-electron chi connectivity index (χ4n) is 2.54. The first-order valence-corrected chi connectivity index (χ1v) is 10.1. The number of nitrogens with one attached hydrogen (secondary N) is 2. The van der Waals surface area contributed by atoms with Crippen LogP contribution in [0.5, 0.6) is 0 Å². The molecule has 156 valence electrons. The van der Waals surface area contributed by atoms with E-state index in [1.165, 1.54) is 17.4 Å². The van der Waals surface area contributed by atoms with E-state index >= 15 is 0 Å². The molecule has 2 N–H and O–H groups in total. The maximum Gasteiger partial charge on any atom is 0.359 e. The Morgan fingerprint density at radius 2 is 2.03 bits per heavy atom. The van der Waals surface area contributed by atoms with Crippen LogP contribution in [0.4, 0.5) is 4.79 Å². The van der Waals surface area contributed by atoms with Gasteiger partial charge in [-0.15, -0.1) is 11.3 Å². The van der Waals surface area contributed by atoms with Crippen molar-refractivity contribution in [3.8, 4) is 5.82 Å². The van der Waals surface area contributed by atoms with E-state index in [2.05, 4.69) is 20.7 Å². The Bertz CT molecular complexity index is 1080. The number of esters is 1. The molecule has 0 aliphatic rings. The SMILES string of the molecule is Cc1cc(C)n(-c2ccc(Cl)c(C(=O)OCC(=O)NC(=O)NCc3cccs3)n2)n1. The summed E-state index contributed by atoms with van der Waals surface area (Å²) in [6.45, 7) is 3.31. The Kier molecular flexibility index (Phi) is 6.80. The van der Waals surface area contributed by atoms with E-state index in [0.717, 1.165) is 16.3 Å². The standard InChI is InChI=1S/C19H18ClN5O4S/c1-11-8-12(2)25(24-11)15-6-5-14(20)17(22-15)18(27)29-10-16(26)23-19(28)21-9-13-4-3-7-30-13/h3-8H,9-10H2,1-2H3,(H2,21,23,26,28). The van der Waals surface area contributed by atoms with Crippen molar-refractivity contribution in [1.82, 2.24) is 25.4 Å². The summed E-state index contributed by atoms with van der Waals surface area (Å²) in [6.07, 6.45) is 0. The fourth-order valence-corrected chi connectivity index (χ4v) is 3.37. The van der Waals surface area contributed by atoms with E-state index in [0.29, 0.717) is 5.82 Å². The average molecular weight is 448 g/mol. The third kappa shape index (κ3) is 5.43. The first-order valence-electron chi connectivity index (χ1n) is 8.81. The number of hydrogen-bond donors (Lipinski definition) is 2. The number of amides is 3. The van der Waals surface area contributed by atoms with Crippen LogP contribution in [0.15, 0.2) is 35.7 Å². The van der Waals surface area contributed by atoms with E-state index in [4.69, 9.17) is 16.3 Å². The van der Waals surface area contributed by atoms with E-state index in [1.807, 2.05) is 37.4 Å². The van der Waals surface area contributed by atoms with Crippen molar-refractivity contribution >= 4 is 40.8 Å². The fraction of sp³-hybridized carbons (Fsp3) is 0.211. The van der Waals surface area contributed by atoms with E-state index in [9.17, 15) is 14.4 Å². The molecule has 0 radical (unpaired) electrons. The van der Waals surface area contributed by atoms with Crippen molar-refractivity contribution < 1.29 is 19.1 Å². The maximum atomic E-state index is 12.3. The molecule has 0 unspecified atom stereocenters. The number of hydrogen-bond acceptors (Lipinski definition) is 7. The van der Waals surface area contributed by atoms with Gasteiger partial charge in [-0.1, -0.05) is 17.7 Å². The number of aromatic nitrogens is 3. The number of nitrogens with zero attached hydrogens (tertiary/aromatic N) is 3. The summed E-state index contributed by atoms with van der Waals surface area (Å²) in [7, 11) is 0. The summed E-state index contributed by atoms with van der Waals surface area (Å²) in [4.78, 5) is 41.1. The molecule has 0 atom stereocenters. The monoisotopic (exact) mass is 447 g/mol. The summed E-state index contributed by atoms with van der Waals surface area (Å²) >= 11 is 7.53. The van der Waals surface area contributed by atoms with Crippen LogP contribution in [0.2, 0.25) is 5.02 Å². The van der Waals surface area contributed by atoms with Crippen LogP contribution in [0.3, 0.4) is 0 Å². The minimum atomic E-state index is -0.891. The van der Waals surface area contributed by atoms with Gasteiger partial charge in [0.25, 0.3) is 5.91 Å². The van der Waals surface area contributed by atoms with Gasteiger partial charge in [0.15, 0.2) is 18.1 Å². The van der Waals surface area contributed by atoms with Gasteiger partial charge in [-0.25, -0.2) is 19.3 Å².